The number of hydrogen-bond donors (Lipinski definition) is 0. The lowest BCUT2D eigenvalue weighted by molar-refractivity contribution is -0.168. The van der Waals surface area contributed by atoms with Crippen molar-refractivity contribution in [3.8, 4) is 11.1 Å². The standard InChI is InChI=1S/C26H33F3O2/c1-3-5-7-15-30-24-14-11-20(17-31-24)22-13-12-21(25(28)26(22)29)19-10-9-18(8-6-4-2)23(27)16-19/h9-10,12-13,16,20,24H,3-8,11,14-15,17H2,1-2H3. The largest absolute Gasteiger partial charge is 0.353 e. The zero-order valence-corrected chi connectivity index (χ0v) is 18.6. The monoisotopic (exact) mass is 434 g/mol. The van der Waals surface area contributed by atoms with Crippen molar-refractivity contribution in [1.29, 1.82) is 0 Å². The van der Waals surface area contributed by atoms with Gasteiger partial charge in [-0.15, -0.1) is 0 Å². The van der Waals surface area contributed by atoms with Crippen LogP contribution in [0.2, 0.25) is 0 Å². The molecule has 0 aliphatic carbocycles. The molecule has 1 fully saturated rings. The van der Waals surface area contributed by atoms with Gasteiger partial charge in [0.2, 0.25) is 0 Å². The van der Waals surface area contributed by atoms with E-state index in [9.17, 15) is 13.2 Å². The van der Waals surface area contributed by atoms with Gasteiger partial charge in [-0.25, -0.2) is 13.2 Å². The van der Waals surface area contributed by atoms with Crippen LogP contribution in [0, 0.1) is 17.5 Å². The predicted octanol–water partition coefficient (Wildman–Crippen LogP) is 7.54. The maximum absolute atomic E-state index is 14.9. The Labute approximate surface area is 183 Å². The molecule has 0 spiro atoms. The summed E-state index contributed by atoms with van der Waals surface area (Å²) in [5.41, 5.74) is 1.34. The minimum absolute atomic E-state index is 0.0797. The molecule has 2 aromatic rings. The zero-order valence-electron chi connectivity index (χ0n) is 18.6. The van der Waals surface area contributed by atoms with Crippen LogP contribution in [-0.2, 0) is 15.9 Å². The van der Waals surface area contributed by atoms with Gasteiger partial charge in [-0.1, -0.05) is 57.4 Å². The van der Waals surface area contributed by atoms with Crippen molar-refractivity contribution in [3.63, 3.8) is 0 Å². The van der Waals surface area contributed by atoms with Gasteiger partial charge in [0, 0.05) is 18.1 Å². The van der Waals surface area contributed by atoms with Gasteiger partial charge in [0.25, 0.3) is 0 Å². The van der Waals surface area contributed by atoms with Gasteiger partial charge in [-0.3, -0.25) is 0 Å². The minimum atomic E-state index is -0.934. The van der Waals surface area contributed by atoms with Crippen LogP contribution in [0.1, 0.15) is 75.8 Å². The summed E-state index contributed by atoms with van der Waals surface area (Å²) >= 11 is 0. The highest BCUT2D eigenvalue weighted by molar-refractivity contribution is 5.65. The van der Waals surface area contributed by atoms with E-state index in [1.807, 2.05) is 6.92 Å². The molecule has 1 aliphatic rings. The molecule has 0 saturated carbocycles. The highest BCUT2D eigenvalue weighted by atomic mass is 19.2. The maximum Gasteiger partial charge on any atom is 0.166 e. The van der Waals surface area contributed by atoms with Crippen molar-refractivity contribution in [2.45, 2.75) is 77.4 Å². The first-order chi connectivity index (χ1) is 15.0. The number of unbranched alkanes of at least 4 members (excludes halogenated alkanes) is 3. The normalized spacial score (nSPS) is 19.0. The summed E-state index contributed by atoms with van der Waals surface area (Å²) in [4.78, 5) is 0. The summed E-state index contributed by atoms with van der Waals surface area (Å²) in [6, 6.07) is 7.78. The Balaban J connectivity index is 1.67. The molecule has 0 bridgehead atoms. The van der Waals surface area contributed by atoms with Crippen LogP contribution in [0.25, 0.3) is 11.1 Å². The molecule has 1 aliphatic heterocycles. The SMILES string of the molecule is CCCCCOC1CCC(c2ccc(-c3ccc(CCCC)c(F)c3)c(F)c2F)CO1. The van der Waals surface area contributed by atoms with E-state index in [1.165, 1.54) is 6.07 Å². The molecule has 5 heteroatoms. The van der Waals surface area contributed by atoms with Crippen LogP contribution in [0.15, 0.2) is 30.3 Å². The van der Waals surface area contributed by atoms with E-state index in [-0.39, 0.29) is 23.6 Å². The molecule has 0 N–H and O–H groups in total. The fraction of sp³-hybridized carbons (Fsp3) is 0.538. The number of hydrogen-bond acceptors (Lipinski definition) is 2. The maximum atomic E-state index is 14.9. The third-order valence-corrected chi connectivity index (χ3v) is 6.00. The predicted molar refractivity (Wildman–Crippen MR) is 118 cm³/mol. The Morgan fingerprint density at radius 2 is 1.74 bits per heavy atom. The minimum Gasteiger partial charge on any atom is -0.353 e. The molecule has 170 valence electrons. The van der Waals surface area contributed by atoms with Crippen LogP contribution in [0.5, 0.6) is 0 Å². The van der Waals surface area contributed by atoms with E-state index in [0.29, 0.717) is 49.2 Å². The molecule has 0 aromatic heterocycles. The van der Waals surface area contributed by atoms with Crippen LogP contribution >= 0.6 is 0 Å². The smallest absolute Gasteiger partial charge is 0.166 e. The van der Waals surface area contributed by atoms with Crippen LogP contribution < -0.4 is 0 Å². The van der Waals surface area contributed by atoms with E-state index in [4.69, 9.17) is 9.47 Å². The summed E-state index contributed by atoms with van der Waals surface area (Å²) < 4.78 is 55.6. The van der Waals surface area contributed by atoms with Gasteiger partial charge in [-0.05, 0) is 54.9 Å². The number of ether oxygens (including phenoxy) is 2. The first-order valence-electron chi connectivity index (χ1n) is 11.5. The second-order valence-corrected chi connectivity index (χ2v) is 8.36. The Morgan fingerprint density at radius 3 is 2.42 bits per heavy atom. The van der Waals surface area contributed by atoms with E-state index in [2.05, 4.69) is 6.92 Å². The lowest BCUT2D eigenvalue weighted by Crippen LogP contribution is -2.28. The Hall–Kier alpha value is -1.85. The second kappa shape index (κ2) is 11.7. The number of halogens is 3. The van der Waals surface area contributed by atoms with E-state index in [0.717, 1.165) is 32.1 Å². The summed E-state index contributed by atoms with van der Waals surface area (Å²) in [6.45, 7) is 5.15. The summed E-state index contributed by atoms with van der Waals surface area (Å²) in [6.07, 6.45) is 6.82. The van der Waals surface area contributed by atoms with Gasteiger partial charge in [0.1, 0.15) is 5.82 Å². The second-order valence-electron chi connectivity index (χ2n) is 8.36. The van der Waals surface area contributed by atoms with Crippen molar-refractivity contribution in [2.75, 3.05) is 13.2 Å². The van der Waals surface area contributed by atoms with E-state index in [1.54, 1.807) is 24.3 Å². The van der Waals surface area contributed by atoms with Crippen LogP contribution in [0.4, 0.5) is 13.2 Å². The lowest BCUT2D eigenvalue weighted by Gasteiger charge is -2.29. The number of benzene rings is 2. The Bertz CT molecular complexity index is 845. The molecule has 3 rings (SSSR count). The number of rotatable bonds is 10. The molecule has 2 aromatic carbocycles. The lowest BCUT2D eigenvalue weighted by atomic mass is 9.90. The summed E-state index contributed by atoms with van der Waals surface area (Å²) in [5.74, 6) is -2.40. The average molecular weight is 435 g/mol. The fourth-order valence-electron chi connectivity index (χ4n) is 4.06. The quantitative estimate of drug-likeness (QED) is 0.360. The summed E-state index contributed by atoms with van der Waals surface area (Å²) in [7, 11) is 0. The summed E-state index contributed by atoms with van der Waals surface area (Å²) in [5, 5.41) is 0. The van der Waals surface area contributed by atoms with Crippen molar-refractivity contribution < 1.29 is 22.6 Å². The molecule has 1 saturated heterocycles. The van der Waals surface area contributed by atoms with Crippen LogP contribution in [-0.4, -0.2) is 19.5 Å². The third kappa shape index (κ3) is 6.11. The van der Waals surface area contributed by atoms with E-state index >= 15 is 0 Å². The highest BCUT2D eigenvalue weighted by Crippen LogP contribution is 2.35. The molecule has 2 nitrogen and oxygen atoms in total. The number of aryl methyl sites for hydroxylation is 1. The van der Waals surface area contributed by atoms with Gasteiger partial charge < -0.3 is 9.47 Å². The molecule has 0 amide bonds. The molecule has 2 unspecified atom stereocenters. The van der Waals surface area contributed by atoms with Gasteiger partial charge in [0.05, 0.1) is 6.61 Å². The zero-order chi connectivity index (χ0) is 22.2. The Morgan fingerprint density at radius 1 is 0.935 bits per heavy atom. The van der Waals surface area contributed by atoms with Crippen molar-refractivity contribution in [1.82, 2.24) is 0 Å². The van der Waals surface area contributed by atoms with Gasteiger partial charge >= 0.3 is 0 Å². The Kier molecular flexibility index (Phi) is 8.97. The average Bonchev–Trinajstić information content (AvgIpc) is 2.78. The molecule has 31 heavy (non-hydrogen) atoms. The third-order valence-electron chi connectivity index (χ3n) is 6.00. The molecular formula is C26H33F3O2. The van der Waals surface area contributed by atoms with Crippen molar-refractivity contribution in [2.24, 2.45) is 0 Å². The van der Waals surface area contributed by atoms with Gasteiger partial charge in [0.15, 0.2) is 17.9 Å². The fourth-order valence-corrected chi connectivity index (χ4v) is 4.06. The van der Waals surface area contributed by atoms with Crippen LogP contribution in [0.3, 0.4) is 0 Å². The highest BCUT2D eigenvalue weighted by Gasteiger charge is 2.27. The molecular weight excluding hydrogens is 401 g/mol. The van der Waals surface area contributed by atoms with E-state index < -0.39 is 11.6 Å². The van der Waals surface area contributed by atoms with Crippen molar-refractivity contribution >= 4 is 0 Å². The first-order valence-corrected chi connectivity index (χ1v) is 11.5. The molecule has 2 atom stereocenters. The van der Waals surface area contributed by atoms with Gasteiger partial charge in [-0.2, -0.15) is 0 Å². The topological polar surface area (TPSA) is 18.5 Å². The van der Waals surface area contributed by atoms with Crippen molar-refractivity contribution in [3.05, 3.63) is 58.9 Å². The first kappa shape index (κ1) is 23.8. The molecule has 1 heterocycles. The molecule has 0 radical (unpaired) electrons.